The fourth-order valence-corrected chi connectivity index (χ4v) is 4.49. The van der Waals surface area contributed by atoms with Crippen molar-refractivity contribution in [3.63, 3.8) is 0 Å². The Morgan fingerprint density at radius 3 is 2.34 bits per heavy atom. The highest BCUT2D eigenvalue weighted by Gasteiger charge is 2.36. The van der Waals surface area contributed by atoms with Crippen LogP contribution in [0.3, 0.4) is 0 Å². The summed E-state index contributed by atoms with van der Waals surface area (Å²) in [5.74, 6) is -0.518. The highest BCUT2D eigenvalue weighted by Crippen LogP contribution is 2.47. The van der Waals surface area contributed by atoms with Crippen LogP contribution in [0.15, 0.2) is 21.9 Å². The molecular weight excluding hydrogens is 439 g/mol. The molecule has 5 atom stereocenters. The van der Waals surface area contributed by atoms with E-state index in [1.807, 2.05) is 20.8 Å². The highest BCUT2D eigenvalue weighted by molar-refractivity contribution is 7.47. The van der Waals surface area contributed by atoms with Crippen molar-refractivity contribution in [1.29, 1.82) is 0 Å². The number of aromatic nitrogens is 2. The molecule has 0 saturated heterocycles. The van der Waals surface area contributed by atoms with Gasteiger partial charge in [0, 0.05) is 18.2 Å². The first-order chi connectivity index (χ1) is 14.6. The third-order valence-corrected chi connectivity index (χ3v) is 6.31. The average molecular weight is 479 g/mol. The summed E-state index contributed by atoms with van der Waals surface area (Å²) in [6, 6.07) is 1.19. The topological polar surface area (TPSA) is 140 Å². The van der Waals surface area contributed by atoms with Crippen molar-refractivity contribution in [1.82, 2.24) is 9.55 Å². The van der Waals surface area contributed by atoms with E-state index < -0.39 is 48.4 Å². The predicted molar refractivity (Wildman–Crippen MR) is 122 cm³/mol. The van der Waals surface area contributed by atoms with Crippen LogP contribution in [0, 0.1) is 5.92 Å². The number of hydrogen-bond donors (Lipinski definition) is 3. The van der Waals surface area contributed by atoms with Crippen LogP contribution in [0.1, 0.15) is 67.7 Å². The van der Waals surface area contributed by atoms with Gasteiger partial charge >= 0.3 is 13.5 Å². The molecule has 10 nitrogen and oxygen atoms in total. The molecule has 0 saturated carbocycles. The van der Waals surface area contributed by atoms with Crippen LogP contribution in [0.4, 0.5) is 0 Å². The van der Waals surface area contributed by atoms with Crippen LogP contribution in [0.5, 0.6) is 0 Å². The zero-order valence-electron chi connectivity index (χ0n) is 20.2. The van der Waals surface area contributed by atoms with Gasteiger partial charge in [-0.25, -0.2) is 9.36 Å². The Morgan fingerprint density at radius 1 is 1.22 bits per heavy atom. The van der Waals surface area contributed by atoms with Crippen molar-refractivity contribution in [3.05, 3.63) is 33.1 Å². The maximum absolute atomic E-state index is 12.3. The summed E-state index contributed by atoms with van der Waals surface area (Å²) in [5.41, 5.74) is -2.61. The van der Waals surface area contributed by atoms with E-state index in [1.54, 1.807) is 27.7 Å². The Labute approximate surface area is 189 Å². The lowest BCUT2D eigenvalue weighted by molar-refractivity contribution is -0.158. The average Bonchev–Trinajstić information content (AvgIpc) is 2.65. The number of phosphoric acid groups is 1. The molecule has 1 heterocycles. The molecule has 0 aliphatic heterocycles. The van der Waals surface area contributed by atoms with Gasteiger partial charge in [-0.05, 0) is 40.5 Å². The van der Waals surface area contributed by atoms with Crippen LogP contribution in [0.25, 0.3) is 0 Å². The number of H-pyrrole nitrogens is 1. The van der Waals surface area contributed by atoms with E-state index in [2.05, 4.69) is 4.98 Å². The van der Waals surface area contributed by atoms with Gasteiger partial charge in [-0.15, -0.1) is 0 Å². The summed E-state index contributed by atoms with van der Waals surface area (Å²) in [7, 11) is -4.32. The SMILES string of the molecule is CCCC(C)(CC)OC(C(C)COP(=O)(O)OC(C)(C)C)C(O)Cn1ccc(=O)[nH]c1=O. The monoisotopic (exact) mass is 478 g/mol. The molecule has 5 unspecified atom stereocenters. The van der Waals surface area contributed by atoms with E-state index in [0.29, 0.717) is 6.42 Å². The Bertz CT molecular complexity index is 878. The second-order valence-electron chi connectivity index (χ2n) is 9.41. The quantitative estimate of drug-likeness (QED) is 0.368. The number of aromatic amines is 1. The minimum absolute atomic E-state index is 0.133. The van der Waals surface area contributed by atoms with E-state index >= 15 is 0 Å². The molecular formula is C21H39N2O8P. The molecule has 0 spiro atoms. The van der Waals surface area contributed by atoms with Gasteiger partial charge in [0.25, 0.3) is 5.56 Å². The van der Waals surface area contributed by atoms with Crippen LogP contribution >= 0.6 is 7.82 Å². The number of nitrogens with zero attached hydrogens (tertiary/aromatic N) is 1. The van der Waals surface area contributed by atoms with Gasteiger partial charge in [0.05, 0.1) is 36.6 Å². The lowest BCUT2D eigenvalue weighted by Gasteiger charge is -2.38. The summed E-state index contributed by atoms with van der Waals surface area (Å²) in [6.45, 7) is 12.2. The number of nitrogens with one attached hydrogen (secondary N) is 1. The van der Waals surface area contributed by atoms with E-state index in [4.69, 9.17) is 13.8 Å². The summed E-state index contributed by atoms with van der Waals surface area (Å²) in [5, 5.41) is 11.0. The van der Waals surface area contributed by atoms with Crippen LogP contribution in [-0.4, -0.2) is 49.6 Å². The molecule has 1 rings (SSSR count). The summed E-state index contributed by atoms with van der Waals surface area (Å²) < 4.78 is 30.1. The fourth-order valence-electron chi connectivity index (χ4n) is 3.32. The van der Waals surface area contributed by atoms with Crippen LogP contribution < -0.4 is 11.2 Å². The van der Waals surface area contributed by atoms with Gasteiger partial charge in [0.2, 0.25) is 0 Å². The van der Waals surface area contributed by atoms with E-state index in [0.717, 1.165) is 12.8 Å². The van der Waals surface area contributed by atoms with Crippen LogP contribution in [0.2, 0.25) is 0 Å². The molecule has 0 aliphatic carbocycles. The Kier molecular flexibility index (Phi) is 10.5. The molecule has 0 aromatic carbocycles. The normalized spacial score (nSPS) is 19.0. The third kappa shape index (κ3) is 9.68. The minimum atomic E-state index is -4.32. The maximum Gasteiger partial charge on any atom is 0.472 e. The van der Waals surface area contributed by atoms with Crippen LogP contribution in [-0.2, 0) is 24.9 Å². The zero-order valence-corrected chi connectivity index (χ0v) is 21.1. The maximum atomic E-state index is 12.3. The van der Waals surface area contributed by atoms with Crippen molar-refractivity contribution in [3.8, 4) is 0 Å². The Hall–Kier alpha value is -1.29. The lowest BCUT2D eigenvalue weighted by atomic mass is 9.94. The smallest absolute Gasteiger partial charge is 0.389 e. The Balaban J connectivity index is 3.08. The number of aliphatic hydroxyl groups is 1. The molecule has 11 heteroatoms. The number of ether oxygens (including phenoxy) is 1. The van der Waals surface area contributed by atoms with Crippen molar-refractivity contribution < 1.29 is 28.3 Å². The molecule has 0 bridgehead atoms. The molecule has 1 aromatic heterocycles. The lowest BCUT2D eigenvalue weighted by Crippen LogP contribution is -2.46. The van der Waals surface area contributed by atoms with Crippen molar-refractivity contribution in [2.75, 3.05) is 6.61 Å². The second-order valence-corrected chi connectivity index (χ2v) is 10.8. The van der Waals surface area contributed by atoms with E-state index in [-0.39, 0.29) is 13.2 Å². The highest BCUT2D eigenvalue weighted by atomic mass is 31.2. The van der Waals surface area contributed by atoms with Gasteiger partial charge < -0.3 is 14.7 Å². The van der Waals surface area contributed by atoms with Gasteiger partial charge in [-0.1, -0.05) is 27.2 Å². The van der Waals surface area contributed by atoms with E-state index in [9.17, 15) is 24.2 Å². The predicted octanol–water partition coefficient (Wildman–Crippen LogP) is 2.82. The van der Waals surface area contributed by atoms with Gasteiger partial charge in [-0.2, -0.15) is 0 Å². The first kappa shape index (κ1) is 28.7. The number of aliphatic hydroxyl groups excluding tert-OH is 1. The first-order valence-electron chi connectivity index (χ1n) is 10.9. The third-order valence-electron chi connectivity index (χ3n) is 5.06. The van der Waals surface area contributed by atoms with Crippen molar-refractivity contribution in [2.45, 2.75) is 97.7 Å². The molecule has 0 radical (unpaired) electrons. The molecule has 3 N–H and O–H groups in total. The number of rotatable bonds is 13. The van der Waals surface area contributed by atoms with Crippen molar-refractivity contribution in [2.24, 2.45) is 5.92 Å². The summed E-state index contributed by atoms with van der Waals surface area (Å²) >= 11 is 0. The molecule has 0 aliphatic rings. The standard InChI is InChI=1S/C21H39N2O8P/c1-8-11-21(7,9-2)30-18(15(3)14-29-32(27,28)31-20(4,5)6)16(24)13-23-12-10-17(25)22-19(23)26/h10,12,15-16,18,24H,8-9,11,13-14H2,1-7H3,(H,27,28)(H,22,25,26). The number of hydrogen-bond acceptors (Lipinski definition) is 7. The van der Waals surface area contributed by atoms with Gasteiger partial charge in [0.1, 0.15) is 0 Å². The minimum Gasteiger partial charge on any atom is -0.389 e. The van der Waals surface area contributed by atoms with Gasteiger partial charge in [0.15, 0.2) is 0 Å². The first-order valence-corrected chi connectivity index (χ1v) is 12.4. The summed E-state index contributed by atoms with van der Waals surface area (Å²) in [4.78, 5) is 35.5. The fraction of sp³-hybridized carbons (Fsp3) is 0.810. The molecule has 32 heavy (non-hydrogen) atoms. The van der Waals surface area contributed by atoms with E-state index in [1.165, 1.54) is 16.8 Å². The molecule has 1 aromatic rings. The van der Waals surface area contributed by atoms with Crippen molar-refractivity contribution >= 4 is 7.82 Å². The van der Waals surface area contributed by atoms with Gasteiger partial charge in [-0.3, -0.25) is 23.4 Å². The summed E-state index contributed by atoms with van der Waals surface area (Å²) in [6.07, 6.45) is 1.61. The molecule has 0 fully saturated rings. The zero-order chi connectivity index (χ0) is 24.7. The molecule has 186 valence electrons. The largest absolute Gasteiger partial charge is 0.472 e. The Morgan fingerprint density at radius 2 is 1.84 bits per heavy atom. The molecule has 0 amide bonds. The number of phosphoric ester groups is 1. The second kappa shape index (κ2) is 11.7.